The molecule has 0 bridgehead atoms. The highest BCUT2D eigenvalue weighted by Gasteiger charge is 2.37. The predicted molar refractivity (Wildman–Crippen MR) is 97.7 cm³/mol. The van der Waals surface area contributed by atoms with Gasteiger partial charge in [-0.1, -0.05) is 6.07 Å². The third kappa shape index (κ3) is 3.44. The minimum atomic E-state index is -0.790. The molecule has 1 unspecified atom stereocenters. The van der Waals surface area contributed by atoms with Crippen LogP contribution in [-0.4, -0.2) is 52.1 Å². The number of anilines is 1. The van der Waals surface area contributed by atoms with Crippen molar-refractivity contribution in [2.45, 2.75) is 31.3 Å². The molecular formula is C19H21F2N5O2. The number of hydrogen-bond acceptors (Lipinski definition) is 3. The van der Waals surface area contributed by atoms with Crippen molar-refractivity contribution < 1.29 is 18.4 Å². The van der Waals surface area contributed by atoms with Crippen LogP contribution < -0.4 is 10.2 Å². The number of nitrogens with one attached hydrogen (secondary N) is 1. The van der Waals surface area contributed by atoms with Crippen molar-refractivity contribution in [3.05, 3.63) is 48.6 Å². The summed E-state index contributed by atoms with van der Waals surface area (Å²) in [4.78, 5) is 31.9. The number of para-hydroxylation sites is 1. The van der Waals surface area contributed by atoms with Gasteiger partial charge >= 0.3 is 6.03 Å². The van der Waals surface area contributed by atoms with Crippen LogP contribution in [0.4, 0.5) is 19.3 Å². The van der Waals surface area contributed by atoms with E-state index in [9.17, 15) is 18.4 Å². The van der Waals surface area contributed by atoms with Crippen molar-refractivity contribution in [3.63, 3.8) is 0 Å². The van der Waals surface area contributed by atoms with E-state index in [4.69, 9.17) is 0 Å². The summed E-state index contributed by atoms with van der Waals surface area (Å²) in [5.74, 6) is -2.07. The molecule has 2 aliphatic heterocycles. The lowest BCUT2D eigenvalue weighted by atomic mass is 10.1. The highest BCUT2D eigenvalue weighted by atomic mass is 19.1. The van der Waals surface area contributed by atoms with Gasteiger partial charge in [-0.15, -0.1) is 0 Å². The highest BCUT2D eigenvalue weighted by Crippen LogP contribution is 2.28. The Morgan fingerprint density at radius 3 is 2.46 bits per heavy atom. The van der Waals surface area contributed by atoms with Gasteiger partial charge in [-0.25, -0.2) is 18.6 Å². The van der Waals surface area contributed by atoms with Crippen LogP contribution >= 0.6 is 0 Å². The van der Waals surface area contributed by atoms with Crippen molar-refractivity contribution in [2.75, 3.05) is 24.5 Å². The molecule has 0 spiro atoms. The summed E-state index contributed by atoms with van der Waals surface area (Å²) < 4.78 is 30.0. The van der Waals surface area contributed by atoms with E-state index >= 15 is 0 Å². The number of urea groups is 1. The molecule has 1 atom stereocenters. The fourth-order valence-corrected chi connectivity index (χ4v) is 3.88. The first-order chi connectivity index (χ1) is 13.5. The average molecular weight is 389 g/mol. The van der Waals surface area contributed by atoms with E-state index in [-0.39, 0.29) is 18.3 Å². The Bertz CT molecular complexity index is 845. The number of benzene rings is 1. The summed E-state index contributed by atoms with van der Waals surface area (Å²) in [6.07, 6.45) is 7.32. The van der Waals surface area contributed by atoms with Crippen LogP contribution in [0.2, 0.25) is 0 Å². The smallest absolute Gasteiger partial charge is 0.318 e. The van der Waals surface area contributed by atoms with Gasteiger partial charge in [0.1, 0.15) is 23.4 Å². The summed E-state index contributed by atoms with van der Waals surface area (Å²) in [5, 5.41) is 2.72. The number of carbonyl (C=O) groups is 2. The number of nitrogens with zero attached hydrogens (tertiary/aromatic N) is 4. The zero-order valence-corrected chi connectivity index (χ0v) is 15.2. The summed E-state index contributed by atoms with van der Waals surface area (Å²) in [7, 11) is 0. The lowest BCUT2D eigenvalue weighted by Gasteiger charge is -2.33. The first kappa shape index (κ1) is 18.4. The maximum Gasteiger partial charge on any atom is 0.318 e. The molecule has 3 amide bonds. The van der Waals surface area contributed by atoms with Gasteiger partial charge in [0.25, 0.3) is 0 Å². The largest absolute Gasteiger partial charge is 0.334 e. The average Bonchev–Trinajstić information content (AvgIpc) is 3.34. The molecule has 0 saturated carbocycles. The van der Waals surface area contributed by atoms with Crippen molar-refractivity contribution >= 4 is 17.6 Å². The monoisotopic (exact) mass is 389 g/mol. The molecule has 2 aliphatic rings. The number of halogens is 2. The van der Waals surface area contributed by atoms with E-state index in [1.54, 1.807) is 17.4 Å². The van der Waals surface area contributed by atoms with Gasteiger partial charge in [0.15, 0.2) is 0 Å². The molecule has 28 heavy (non-hydrogen) atoms. The van der Waals surface area contributed by atoms with Crippen LogP contribution in [0.5, 0.6) is 0 Å². The molecule has 7 nitrogen and oxygen atoms in total. The van der Waals surface area contributed by atoms with Crippen molar-refractivity contribution in [1.29, 1.82) is 0 Å². The Morgan fingerprint density at radius 2 is 1.82 bits per heavy atom. The van der Waals surface area contributed by atoms with E-state index in [0.717, 1.165) is 29.9 Å². The van der Waals surface area contributed by atoms with E-state index < -0.39 is 23.6 Å². The molecule has 1 aromatic heterocycles. The molecule has 4 rings (SSSR count). The quantitative estimate of drug-likeness (QED) is 0.876. The first-order valence-corrected chi connectivity index (χ1v) is 9.33. The summed E-state index contributed by atoms with van der Waals surface area (Å²) in [5.41, 5.74) is -0.356. The highest BCUT2D eigenvalue weighted by molar-refractivity contribution is 6.01. The molecular weight excluding hydrogens is 368 g/mol. The van der Waals surface area contributed by atoms with Crippen molar-refractivity contribution in [1.82, 2.24) is 19.8 Å². The zero-order valence-electron chi connectivity index (χ0n) is 15.2. The van der Waals surface area contributed by atoms with E-state index in [1.165, 1.54) is 6.07 Å². The molecule has 3 heterocycles. The number of imidazole rings is 1. The Balaban J connectivity index is 1.35. The maximum absolute atomic E-state index is 14.0. The fourth-order valence-electron chi connectivity index (χ4n) is 3.88. The molecule has 2 fully saturated rings. The number of likely N-dealkylation sites (tertiary alicyclic amines) is 1. The topological polar surface area (TPSA) is 70.5 Å². The lowest BCUT2D eigenvalue weighted by molar-refractivity contribution is -0.118. The molecule has 2 aromatic rings. The van der Waals surface area contributed by atoms with Crippen molar-refractivity contribution in [2.24, 2.45) is 0 Å². The van der Waals surface area contributed by atoms with Gasteiger partial charge < -0.3 is 19.7 Å². The predicted octanol–water partition coefficient (Wildman–Crippen LogP) is 2.31. The van der Waals surface area contributed by atoms with Gasteiger partial charge in [-0.05, 0) is 31.4 Å². The van der Waals surface area contributed by atoms with Gasteiger partial charge in [0.05, 0.1) is 6.33 Å². The van der Waals surface area contributed by atoms with Crippen LogP contribution in [0.3, 0.4) is 0 Å². The Hall–Kier alpha value is -2.97. The van der Waals surface area contributed by atoms with Crippen molar-refractivity contribution in [3.8, 4) is 0 Å². The number of piperidine rings is 1. The Labute approximate surface area is 160 Å². The second kappa shape index (κ2) is 7.57. The zero-order chi connectivity index (χ0) is 19.7. The molecule has 0 aliphatic carbocycles. The SMILES string of the molecule is O=C(NC1CCN(c2c(F)cccc2F)C1=O)N1CCC(n2ccnc2)CC1. The summed E-state index contributed by atoms with van der Waals surface area (Å²) in [6, 6.07) is 2.68. The van der Waals surface area contributed by atoms with Crippen LogP contribution in [0, 0.1) is 11.6 Å². The third-order valence-electron chi connectivity index (χ3n) is 5.41. The van der Waals surface area contributed by atoms with E-state index in [1.807, 2.05) is 10.8 Å². The molecule has 1 N–H and O–H groups in total. The van der Waals surface area contributed by atoms with Crippen LogP contribution in [0.25, 0.3) is 0 Å². The van der Waals surface area contributed by atoms with E-state index in [0.29, 0.717) is 25.6 Å². The third-order valence-corrected chi connectivity index (χ3v) is 5.41. The Kier molecular flexibility index (Phi) is 4.97. The van der Waals surface area contributed by atoms with Gasteiger partial charge in [-0.3, -0.25) is 4.79 Å². The number of hydrogen-bond donors (Lipinski definition) is 1. The fraction of sp³-hybridized carbons (Fsp3) is 0.421. The normalized spacial score (nSPS) is 20.6. The second-order valence-electron chi connectivity index (χ2n) is 7.08. The minimum absolute atomic E-state index is 0.157. The molecule has 2 saturated heterocycles. The van der Waals surface area contributed by atoms with Gasteiger partial charge in [-0.2, -0.15) is 0 Å². The van der Waals surface area contributed by atoms with Gasteiger partial charge in [0, 0.05) is 38.1 Å². The maximum atomic E-state index is 14.0. The molecule has 1 aromatic carbocycles. The summed E-state index contributed by atoms with van der Waals surface area (Å²) in [6.45, 7) is 1.30. The minimum Gasteiger partial charge on any atom is -0.334 e. The molecule has 9 heteroatoms. The lowest BCUT2D eigenvalue weighted by Crippen LogP contribution is -2.50. The number of rotatable bonds is 3. The molecule has 148 valence electrons. The number of aromatic nitrogens is 2. The molecule has 0 radical (unpaired) electrons. The Morgan fingerprint density at radius 1 is 1.11 bits per heavy atom. The van der Waals surface area contributed by atoms with Crippen LogP contribution in [0.1, 0.15) is 25.3 Å². The number of amides is 3. The van der Waals surface area contributed by atoms with Crippen LogP contribution in [0.15, 0.2) is 36.9 Å². The number of carbonyl (C=O) groups excluding carboxylic acids is 2. The second-order valence-corrected chi connectivity index (χ2v) is 7.08. The van der Waals surface area contributed by atoms with Gasteiger partial charge in [0.2, 0.25) is 5.91 Å². The van der Waals surface area contributed by atoms with Crippen LogP contribution in [-0.2, 0) is 4.79 Å². The first-order valence-electron chi connectivity index (χ1n) is 9.33. The summed E-state index contributed by atoms with van der Waals surface area (Å²) >= 11 is 0. The van der Waals surface area contributed by atoms with E-state index in [2.05, 4.69) is 10.3 Å². The standard InChI is InChI=1S/C19H21F2N5O2/c20-14-2-1-3-15(21)17(14)26-10-6-16(18(26)27)23-19(28)24-8-4-13(5-9-24)25-11-7-22-12-25/h1-3,7,11-13,16H,4-6,8-10H2,(H,23,28).